The molecular formula is C3H8N6O2. The van der Waals surface area contributed by atoms with Gasteiger partial charge in [-0.15, -0.1) is 5.10 Å². The molecule has 0 fully saturated rings. The molecule has 11 heavy (non-hydrogen) atoms. The molecule has 1 aliphatic rings. The molecule has 0 unspecified atom stereocenters. The second-order valence-corrected chi connectivity index (χ2v) is 1.81. The van der Waals surface area contributed by atoms with Crippen molar-refractivity contribution in [2.75, 3.05) is 6.54 Å². The molecule has 0 aromatic carbocycles. The van der Waals surface area contributed by atoms with Crippen molar-refractivity contribution < 1.29 is 5.03 Å². The Bertz CT molecular complexity index is 202. The summed E-state index contributed by atoms with van der Waals surface area (Å²) in [5, 5.41) is 14.9. The highest BCUT2D eigenvalue weighted by Gasteiger charge is 2.32. The first-order valence-electron chi connectivity index (χ1n) is 2.97. The first kappa shape index (κ1) is 7.54. The van der Waals surface area contributed by atoms with Crippen LogP contribution >= 0.6 is 0 Å². The zero-order valence-electron chi connectivity index (χ0n) is 5.89. The zero-order chi connectivity index (χ0) is 8.43. The third-order valence-electron chi connectivity index (χ3n) is 1.17. The van der Waals surface area contributed by atoms with Crippen LogP contribution in [0.25, 0.3) is 0 Å². The summed E-state index contributed by atoms with van der Waals surface area (Å²) in [6.07, 6.45) is 0. The van der Waals surface area contributed by atoms with Crippen LogP contribution < -0.4 is 11.3 Å². The average molecular weight is 160 g/mol. The van der Waals surface area contributed by atoms with Gasteiger partial charge in [0.25, 0.3) is 5.96 Å². The molecule has 1 heterocycles. The van der Waals surface area contributed by atoms with Crippen molar-refractivity contribution in [3.05, 3.63) is 10.1 Å². The van der Waals surface area contributed by atoms with Crippen molar-refractivity contribution in [3.63, 3.8) is 0 Å². The maximum absolute atomic E-state index is 10.3. The van der Waals surface area contributed by atoms with E-state index in [1.165, 1.54) is 5.12 Å². The molecule has 0 amide bonds. The molecule has 3 N–H and O–H groups in total. The summed E-state index contributed by atoms with van der Waals surface area (Å²) in [6, 6.07) is 0. The topological polar surface area (TPSA) is 100 Å². The first-order valence-corrected chi connectivity index (χ1v) is 2.97. The zero-order valence-corrected chi connectivity index (χ0v) is 5.89. The highest BCUT2D eigenvalue weighted by atomic mass is 16.7. The number of nitro groups is 1. The minimum atomic E-state index is -0.650. The summed E-state index contributed by atoms with van der Waals surface area (Å²) in [4.78, 5) is 10.3. The summed E-state index contributed by atoms with van der Waals surface area (Å²) in [7, 11) is 0. The van der Waals surface area contributed by atoms with Crippen LogP contribution in [0, 0.1) is 10.1 Å². The standard InChI is InChI=1S/C3H8N6O2/c1-2-7-6-5-3(4)8(7)9(10)11/h6H,2H2,1H3,(H2,4,5). The van der Waals surface area contributed by atoms with Crippen LogP contribution in [0.15, 0.2) is 5.10 Å². The number of hydrazine groups is 3. The monoisotopic (exact) mass is 160 g/mol. The summed E-state index contributed by atoms with van der Waals surface area (Å²) < 4.78 is 0. The third kappa shape index (κ3) is 1.15. The van der Waals surface area contributed by atoms with Crippen molar-refractivity contribution >= 4 is 5.96 Å². The van der Waals surface area contributed by atoms with E-state index in [1.807, 2.05) is 0 Å². The fourth-order valence-electron chi connectivity index (χ4n) is 0.696. The second kappa shape index (κ2) is 2.58. The van der Waals surface area contributed by atoms with Gasteiger partial charge in [-0.1, -0.05) is 5.12 Å². The number of nitrogens with one attached hydrogen (secondary N) is 1. The smallest absolute Gasteiger partial charge is 0.299 e. The minimum absolute atomic E-state index is 0.170. The van der Waals surface area contributed by atoms with E-state index >= 15 is 0 Å². The number of hydrogen-bond acceptors (Lipinski definition) is 6. The van der Waals surface area contributed by atoms with E-state index in [4.69, 9.17) is 5.73 Å². The Kier molecular flexibility index (Phi) is 1.77. The van der Waals surface area contributed by atoms with Gasteiger partial charge in [-0.05, 0) is 6.92 Å². The molecule has 8 heteroatoms. The molecule has 0 aromatic heterocycles. The highest BCUT2D eigenvalue weighted by Crippen LogP contribution is 1.99. The number of hydrogen-bond donors (Lipinski definition) is 2. The Balaban J connectivity index is 2.72. The fourth-order valence-corrected chi connectivity index (χ4v) is 0.696. The largest absolute Gasteiger partial charge is 0.362 e. The number of nitrogens with zero attached hydrogens (tertiary/aromatic N) is 4. The van der Waals surface area contributed by atoms with Crippen LogP contribution in [0.3, 0.4) is 0 Å². The van der Waals surface area contributed by atoms with Crippen LogP contribution in [0.5, 0.6) is 0 Å². The van der Waals surface area contributed by atoms with Crippen LogP contribution in [0.4, 0.5) is 0 Å². The lowest BCUT2D eigenvalue weighted by atomic mass is 10.8. The van der Waals surface area contributed by atoms with Crippen LogP contribution in [0.1, 0.15) is 6.92 Å². The van der Waals surface area contributed by atoms with Gasteiger partial charge in [0, 0.05) is 11.7 Å². The van der Waals surface area contributed by atoms with Crippen molar-refractivity contribution in [2.24, 2.45) is 10.8 Å². The van der Waals surface area contributed by atoms with Crippen molar-refractivity contribution in [2.45, 2.75) is 6.92 Å². The van der Waals surface area contributed by atoms with E-state index in [0.29, 0.717) is 11.7 Å². The van der Waals surface area contributed by atoms with E-state index in [-0.39, 0.29) is 5.96 Å². The summed E-state index contributed by atoms with van der Waals surface area (Å²) in [5.41, 5.74) is 7.54. The van der Waals surface area contributed by atoms with Gasteiger partial charge in [0.05, 0.1) is 0 Å². The van der Waals surface area contributed by atoms with Crippen LogP contribution in [-0.4, -0.2) is 27.8 Å². The van der Waals surface area contributed by atoms with Gasteiger partial charge < -0.3 is 5.73 Å². The molecule has 0 saturated heterocycles. The predicted octanol–water partition coefficient (Wildman–Crippen LogP) is -1.54. The summed E-state index contributed by atoms with van der Waals surface area (Å²) in [6.45, 7) is 2.14. The molecule has 0 saturated carbocycles. The second-order valence-electron chi connectivity index (χ2n) is 1.81. The normalized spacial score (nSPS) is 17.9. The maximum Gasteiger partial charge on any atom is 0.299 e. The molecule has 1 aliphatic heterocycles. The Hall–Kier alpha value is -1.57. The molecule has 0 spiro atoms. The van der Waals surface area contributed by atoms with Crippen molar-refractivity contribution in [1.82, 2.24) is 15.8 Å². The quantitative estimate of drug-likeness (QED) is 0.375. The van der Waals surface area contributed by atoms with Gasteiger partial charge in [-0.25, -0.2) is 15.6 Å². The molecule has 0 radical (unpaired) electrons. The van der Waals surface area contributed by atoms with Gasteiger partial charge in [0.1, 0.15) is 0 Å². The SMILES string of the molecule is CCN1NN=C(N)N1[N+](=O)[O-]. The molecule has 62 valence electrons. The first-order chi connectivity index (χ1) is 5.16. The van der Waals surface area contributed by atoms with Gasteiger partial charge in [-0.2, -0.15) is 0 Å². The lowest BCUT2D eigenvalue weighted by Gasteiger charge is -2.15. The molecule has 0 aliphatic carbocycles. The lowest BCUT2D eigenvalue weighted by Crippen LogP contribution is -2.50. The number of hydrazone groups is 1. The Morgan fingerprint density at radius 3 is 2.91 bits per heavy atom. The Morgan fingerprint density at radius 2 is 2.55 bits per heavy atom. The van der Waals surface area contributed by atoms with Crippen molar-refractivity contribution in [1.29, 1.82) is 0 Å². The lowest BCUT2D eigenvalue weighted by molar-refractivity contribution is -0.672. The molecule has 1 rings (SSSR count). The Morgan fingerprint density at radius 1 is 1.91 bits per heavy atom. The van der Waals surface area contributed by atoms with Gasteiger partial charge in [0.15, 0.2) is 5.03 Å². The Labute approximate surface area is 62.3 Å². The fraction of sp³-hybridized carbons (Fsp3) is 0.667. The maximum atomic E-state index is 10.3. The van der Waals surface area contributed by atoms with Gasteiger partial charge >= 0.3 is 0 Å². The summed E-state index contributed by atoms with van der Waals surface area (Å²) >= 11 is 0. The predicted molar refractivity (Wildman–Crippen MR) is 36.0 cm³/mol. The number of nitrogens with two attached hydrogens (primary N) is 1. The van der Waals surface area contributed by atoms with Gasteiger partial charge in [-0.3, -0.25) is 0 Å². The molecule has 0 atom stereocenters. The minimum Gasteiger partial charge on any atom is -0.362 e. The van der Waals surface area contributed by atoms with E-state index in [0.717, 1.165) is 0 Å². The summed E-state index contributed by atoms with van der Waals surface area (Å²) in [5.74, 6) is -0.170. The van der Waals surface area contributed by atoms with Crippen LogP contribution in [-0.2, 0) is 0 Å². The number of rotatable bonds is 2. The molecule has 8 nitrogen and oxygen atoms in total. The van der Waals surface area contributed by atoms with E-state index < -0.39 is 5.03 Å². The highest BCUT2D eigenvalue weighted by molar-refractivity contribution is 5.76. The van der Waals surface area contributed by atoms with Gasteiger partial charge in [0.2, 0.25) is 0 Å². The van der Waals surface area contributed by atoms with E-state index in [1.54, 1.807) is 6.92 Å². The third-order valence-corrected chi connectivity index (χ3v) is 1.17. The van der Waals surface area contributed by atoms with Crippen LogP contribution in [0.2, 0.25) is 0 Å². The molecular weight excluding hydrogens is 152 g/mol. The van der Waals surface area contributed by atoms with Crippen molar-refractivity contribution in [3.8, 4) is 0 Å². The molecule has 0 aromatic rings. The molecule has 0 bridgehead atoms. The average Bonchev–Trinajstić information content (AvgIpc) is 2.30. The van der Waals surface area contributed by atoms with E-state index in [2.05, 4.69) is 10.6 Å². The number of guanidine groups is 1. The van der Waals surface area contributed by atoms with E-state index in [9.17, 15) is 10.1 Å².